The van der Waals surface area contributed by atoms with Crippen molar-refractivity contribution in [1.29, 1.82) is 0 Å². The number of ketones is 2. The third kappa shape index (κ3) is 2.68. The van der Waals surface area contributed by atoms with Crippen LogP contribution in [0.1, 0.15) is 50.7 Å². The molecule has 2 bridgehead atoms. The maximum Gasteiger partial charge on any atom is 0.154 e. The second-order valence-electron chi connectivity index (χ2n) is 9.32. The summed E-state index contributed by atoms with van der Waals surface area (Å²) in [6.07, 6.45) is 2.43. The number of fused-ring (bicyclic) bond motifs is 5. The van der Waals surface area contributed by atoms with Crippen molar-refractivity contribution in [3.63, 3.8) is 0 Å². The molecule has 0 N–H and O–H groups in total. The van der Waals surface area contributed by atoms with Crippen LogP contribution in [0.2, 0.25) is 10.0 Å². The molecule has 5 heteroatoms. The molecule has 5 rings (SSSR count). The first-order chi connectivity index (χ1) is 14.2. The molecule has 2 aliphatic heterocycles. The van der Waals surface area contributed by atoms with Crippen molar-refractivity contribution < 1.29 is 14.3 Å². The first kappa shape index (κ1) is 20.2. The van der Waals surface area contributed by atoms with Crippen molar-refractivity contribution in [2.75, 3.05) is 0 Å². The van der Waals surface area contributed by atoms with Crippen LogP contribution in [0.3, 0.4) is 0 Å². The minimum absolute atomic E-state index is 0.0249. The lowest BCUT2D eigenvalue weighted by Crippen LogP contribution is -2.40. The molecule has 1 unspecified atom stereocenters. The fourth-order valence-electron chi connectivity index (χ4n) is 6.05. The number of carbonyl (C=O) groups excluding carboxylic acids is 2. The number of aryl methyl sites for hydroxylation is 1. The van der Waals surface area contributed by atoms with E-state index in [1.807, 2.05) is 44.2 Å². The number of ether oxygens (including phenoxy) is 1. The van der Waals surface area contributed by atoms with E-state index >= 15 is 0 Å². The zero-order valence-electron chi connectivity index (χ0n) is 17.3. The van der Waals surface area contributed by atoms with Gasteiger partial charge in [-0.1, -0.05) is 48.3 Å². The molecule has 0 spiro atoms. The molecule has 1 aliphatic carbocycles. The summed E-state index contributed by atoms with van der Waals surface area (Å²) in [4.78, 5) is 27.2. The first-order valence-corrected chi connectivity index (χ1v) is 11.3. The SMILES string of the molecule is CCc1ccc(-c2ccc(Cl)c(Cl)c2)cc1C1C(=O)[C@@H]2[C@H](C1=O)[C@@]1(C)CC[C@]2(C)O1. The molecule has 5 atom stereocenters. The first-order valence-electron chi connectivity index (χ1n) is 10.5. The van der Waals surface area contributed by atoms with Crippen LogP contribution in [0.5, 0.6) is 0 Å². The second-order valence-corrected chi connectivity index (χ2v) is 10.1. The molecule has 30 heavy (non-hydrogen) atoms. The molecule has 156 valence electrons. The van der Waals surface area contributed by atoms with Gasteiger partial charge in [-0.05, 0) is 73.6 Å². The van der Waals surface area contributed by atoms with Gasteiger partial charge in [-0.2, -0.15) is 0 Å². The zero-order valence-corrected chi connectivity index (χ0v) is 18.8. The molecular formula is C25H24Cl2O3. The van der Waals surface area contributed by atoms with Gasteiger partial charge in [0.15, 0.2) is 11.6 Å². The van der Waals surface area contributed by atoms with Gasteiger partial charge in [0.1, 0.15) is 5.92 Å². The van der Waals surface area contributed by atoms with Crippen molar-refractivity contribution in [2.24, 2.45) is 11.8 Å². The van der Waals surface area contributed by atoms with Crippen LogP contribution in [0.4, 0.5) is 0 Å². The summed E-state index contributed by atoms with van der Waals surface area (Å²) in [6.45, 7) is 6.06. The van der Waals surface area contributed by atoms with E-state index in [0.29, 0.717) is 10.0 Å². The van der Waals surface area contributed by atoms with Crippen LogP contribution in [0, 0.1) is 11.8 Å². The quantitative estimate of drug-likeness (QED) is 0.544. The third-order valence-electron chi connectivity index (χ3n) is 7.51. The lowest BCUT2D eigenvalue weighted by atomic mass is 9.69. The largest absolute Gasteiger partial charge is 0.368 e. The molecule has 3 nitrogen and oxygen atoms in total. The van der Waals surface area contributed by atoms with E-state index in [9.17, 15) is 9.59 Å². The van der Waals surface area contributed by atoms with Crippen LogP contribution in [-0.4, -0.2) is 22.8 Å². The highest BCUT2D eigenvalue weighted by molar-refractivity contribution is 6.42. The molecule has 2 saturated heterocycles. The van der Waals surface area contributed by atoms with E-state index in [2.05, 4.69) is 6.92 Å². The number of carbonyl (C=O) groups is 2. The van der Waals surface area contributed by atoms with Gasteiger partial charge in [-0.3, -0.25) is 9.59 Å². The van der Waals surface area contributed by atoms with Crippen molar-refractivity contribution in [3.8, 4) is 11.1 Å². The summed E-state index contributed by atoms with van der Waals surface area (Å²) in [5.74, 6) is -1.34. The van der Waals surface area contributed by atoms with E-state index in [1.54, 1.807) is 6.07 Å². The maximum atomic E-state index is 13.6. The lowest BCUT2D eigenvalue weighted by molar-refractivity contribution is -0.132. The Morgan fingerprint density at radius 1 is 0.900 bits per heavy atom. The van der Waals surface area contributed by atoms with Gasteiger partial charge in [0.2, 0.25) is 0 Å². The summed E-state index contributed by atoms with van der Waals surface area (Å²) in [7, 11) is 0. The van der Waals surface area contributed by atoms with E-state index in [4.69, 9.17) is 27.9 Å². The molecule has 2 aromatic rings. The Labute approximate surface area is 186 Å². The summed E-state index contributed by atoms with van der Waals surface area (Å²) in [6, 6.07) is 11.5. The van der Waals surface area contributed by atoms with Crippen molar-refractivity contribution >= 4 is 34.8 Å². The highest BCUT2D eigenvalue weighted by atomic mass is 35.5. The predicted molar refractivity (Wildman–Crippen MR) is 118 cm³/mol. The minimum Gasteiger partial charge on any atom is -0.368 e. The minimum atomic E-state index is -0.710. The van der Waals surface area contributed by atoms with E-state index in [0.717, 1.165) is 41.5 Å². The summed E-state index contributed by atoms with van der Waals surface area (Å²) in [5, 5.41) is 0.976. The number of hydrogen-bond donors (Lipinski definition) is 0. The highest BCUT2D eigenvalue weighted by Crippen LogP contribution is 2.62. The molecular weight excluding hydrogens is 419 g/mol. The molecule has 3 fully saturated rings. The van der Waals surface area contributed by atoms with Gasteiger partial charge >= 0.3 is 0 Å². The Morgan fingerprint density at radius 3 is 2.03 bits per heavy atom. The van der Waals surface area contributed by atoms with Gasteiger partial charge in [0.25, 0.3) is 0 Å². The van der Waals surface area contributed by atoms with Crippen LogP contribution in [0.15, 0.2) is 36.4 Å². The molecule has 3 aliphatic rings. The molecule has 2 aromatic carbocycles. The zero-order chi connectivity index (χ0) is 21.4. The van der Waals surface area contributed by atoms with E-state index < -0.39 is 17.1 Å². The number of halogens is 2. The van der Waals surface area contributed by atoms with Crippen LogP contribution in [0.25, 0.3) is 11.1 Å². The maximum absolute atomic E-state index is 13.6. The Morgan fingerprint density at radius 2 is 1.47 bits per heavy atom. The van der Waals surface area contributed by atoms with Crippen molar-refractivity contribution in [1.82, 2.24) is 0 Å². The highest BCUT2D eigenvalue weighted by Gasteiger charge is 2.72. The summed E-state index contributed by atoms with van der Waals surface area (Å²) in [5.41, 5.74) is 2.67. The number of hydrogen-bond acceptors (Lipinski definition) is 3. The Balaban J connectivity index is 1.61. The topological polar surface area (TPSA) is 43.4 Å². The van der Waals surface area contributed by atoms with Crippen LogP contribution in [-0.2, 0) is 20.7 Å². The number of benzene rings is 2. The Hall–Kier alpha value is -1.68. The Bertz CT molecular complexity index is 1060. The summed E-state index contributed by atoms with van der Waals surface area (Å²) < 4.78 is 6.24. The second kappa shape index (κ2) is 6.66. The third-order valence-corrected chi connectivity index (χ3v) is 8.25. The average Bonchev–Trinajstić information content (AvgIpc) is 3.27. The van der Waals surface area contributed by atoms with Crippen LogP contribution >= 0.6 is 23.2 Å². The van der Waals surface area contributed by atoms with E-state index in [-0.39, 0.29) is 23.4 Å². The number of rotatable bonds is 3. The van der Waals surface area contributed by atoms with Crippen molar-refractivity contribution in [2.45, 2.75) is 57.2 Å². The van der Waals surface area contributed by atoms with Gasteiger partial charge in [0.05, 0.1) is 33.1 Å². The lowest BCUT2D eigenvalue weighted by Gasteiger charge is -2.28. The van der Waals surface area contributed by atoms with Gasteiger partial charge in [0, 0.05) is 0 Å². The molecule has 0 aromatic heterocycles. The van der Waals surface area contributed by atoms with Crippen molar-refractivity contribution in [3.05, 3.63) is 57.6 Å². The monoisotopic (exact) mass is 442 g/mol. The predicted octanol–water partition coefficient (Wildman–Crippen LogP) is 6.03. The van der Waals surface area contributed by atoms with Gasteiger partial charge < -0.3 is 4.74 Å². The smallest absolute Gasteiger partial charge is 0.154 e. The Kier molecular flexibility index (Phi) is 4.49. The van der Waals surface area contributed by atoms with Gasteiger partial charge in [-0.25, -0.2) is 0 Å². The standard InChI is InChI=1S/C25H24Cl2O3/c1-4-13-5-6-14(15-7-8-17(26)18(27)12-15)11-16(13)19-22(28)20-21(23(19)29)25(3)10-9-24(20,2)30-25/h5-8,11-12,19-21H,4,9-10H2,1-3H3/t19?,20-,21+,24-,25+. The molecule has 2 heterocycles. The van der Waals surface area contributed by atoms with Crippen LogP contribution < -0.4 is 0 Å². The molecule has 1 saturated carbocycles. The fourth-order valence-corrected chi connectivity index (χ4v) is 6.35. The summed E-state index contributed by atoms with van der Waals surface area (Å²) >= 11 is 12.3. The molecule has 0 amide bonds. The average molecular weight is 443 g/mol. The van der Waals surface area contributed by atoms with E-state index in [1.165, 1.54) is 0 Å². The molecule has 0 radical (unpaired) electrons. The van der Waals surface area contributed by atoms with Gasteiger partial charge in [-0.15, -0.1) is 0 Å². The number of Topliss-reactive ketones (excluding diaryl/α,β-unsaturated/α-hetero) is 2. The normalized spacial score (nSPS) is 34.6. The fraction of sp³-hybridized carbons (Fsp3) is 0.440.